The first kappa shape index (κ1) is 17.2. The molecule has 0 radical (unpaired) electrons. The maximum atomic E-state index is 12.3. The smallest absolute Gasteiger partial charge is 0.234 e. The zero-order chi connectivity index (χ0) is 15.2. The molecule has 0 saturated heterocycles. The standard InChI is InChI=1S/C6H2F12/c7-1(4(11,12)6(16,17)18)3(9,10)2(8)5(13,14)15/h1-2H. The van der Waals surface area contributed by atoms with E-state index in [0.717, 1.165) is 0 Å². The summed E-state index contributed by atoms with van der Waals surface area (Å²) in [5, 5.41) is 0. The number of hydrogen-bond acceptors (Lipinski definition) is 0. The third-order valence-corrected chi connectivity index (χ3v) is 1.66. The Balaban J connectivity index is 5.39. The highest BCUT2D eigenvalue weighted by Gasteiger charge is 2.74. The normalized spacial score (nSPS) is 18.7. The first-order valence-corrected chi connectivity index (χ1v) is 3.73. The van der Waals surface area contributed by atoms with Crippen molar-refractivity contribution in [1.29, 1.82) is 0 Å². The second-order valence-electron chi connectivity index (χ2n) is 3.06. The summed E-state index contributed by atoms with van der Waals surface area (Å²) in [6.07, 6.45) is -24.6. The Labute approximate surface area is 90.6 Å². The van der Waals surface area contributed by atoms with Crippen LogP contribution in [0.15, 0.2) is 0 Å². The van der Waals surface area contributed by atoms with Gasteiger partial charge in [-0.15, -0.1) is 0 Å². The van der Waals surface area contributed by atoms with Crippen LogP contribution in [0.3, 0.4) is 0 Å². The van der Waals surface area contributed by atoms with Gasteiger partial charge in [0.2, 0.25) is 6.17 Å². The molecule has 0 aromatic heterocycles. The van der Waals surface area contributed by atoms with Crippen LogP contribution < -0.4 is 0 Å². The second kappa shape index (κ2) is 4.37. The first-order chi connectivity index (χ1) is 7.56. The number of hydrogen-bond donors (Lipinski definition) is 0. The largest absolute Gasteiger partial charge is 0.456 e. The second-order valence-corrected chi connectivity index (χ2v) is 3.06. The average molecular weight is 302 g/mol. The van der Waals surface area contributed by atoms with Gasteiger partial charge in [0.1, 0.15) is 0 Å². The maximum Gasteiger partial charge on any atom is 0.456 e. The molecular formula is C6H2F12. The minimum Gasteiger partial charge on any atom is -0.234 e. The molecule has 0 heterocycles. The highest BCUT2D eigenvalue weighted by Crippen LogP contribution is 2.48. The van der Waals surface area contributed by atoms with Crippen molar-refractivity contribution < 1.29 is 52.7 Å². The van der Waals surface area contributed by atoms with Gasteiger partial charge in [-0.25, -0.2) is 8.78 Å². The summed E-state index contributed by atoms with van der Waals surface area (Å²) in [5.41, 5.74) is 0. The van der Waals surface area contributed by atoms with Crippen molar-refractivity contribution in [2.75, 3.05) is 0 Å². The van der Waals surface area contributed by atoms with Crippen molar-refractivity contribution in [2.45, 2.75) is 36.5 Å². The molecule has 0 aliphatic heterocycles. The Bertz CT molecular complexity index is 284. The average Bonchev–Trinajstić information content (AvgIpc) is 2.11. The van der Waals surface area contributed by atoms with E-state index in [1.54, 1.807) is 0 Å². The summed E-state index contributed by atoms with van der Waals surface area (Å²) in [6.45, 7) is 0. The topological polar surface area (TPSA) is 0 Å². The monoisotopic (exact) mass is 302 g/mol. The lowest BCUT2D eigenvalue weighted by Crippen LogP contribution is -2.58. The van der Waals surface area contributed by atoms with Crippen LogP contribution >= 0.6 is 0 Å². The third-order valence-electron chi connectivity index (χ3n) is 1.66. The van der Waals surface area contributed by atoms with Gasteiger partial charge in [0, 0.05) is 0 Å². The zero-order valence-corrected chi connectivity index (χ0v) is 7.69. The summed E-state index contributed by atoms with van der Waals surface area (Å²) in [5.74, 6) is -13.4. The van der Waals surface area contributed by atoms with E-state index in [2.05, 4.69) is 0 Å². The van der Waals surface area contributed by atoms with Crippen molar-refractivity contribution in [1.82, 2.24) is 0 Å². The predicted octanol–water partition coefficient (Wildman–Crippen LogP) is 4.06. The fraction of sp³-hybridized carbons (Fsp3) is 1.00. The molecule has 0 amide bonds. The Morgan fingerprint density at radius 2 is 0.889 bits per heavy atom. The maximum absolute atomic E-state index is 12.3. The molecule has 0 nitrogen and oxygen atoms in total. The lowest BCUT2D eigenvalue weighted by Gasteiger charge is -2.31. The molecule has 0 bridgehead atoms. The van der Waals surface area contributed by atoms with Crippen molar-refractivity contribution in [3.05, 3.63) is 0 Å². The van der Waals surface area contributed by atoms with E-state index in [0.29, 0.717) is 0 Å². The Morgan fingerprint density at radius 3 is 1.11 bits per heavy atom. The van der Waals surface area contributed by atoms with Crippen LogP contribution in [-0.4, -0.2) is 36.5 Å². The van der Waals surface area contributed by atoms with Gasteiger partial charge in [-0.05, 0) is 0 Å². The van der Waals surface area contributed by atoms with Crippen molar-refractivity contribution in [2.24, 2.45) is 0 Å². The van der Waals surface area contributed by atoms with Crippen molar-refractivity contribution >= 4 is 0 Å². The molecule has 2 atom stereocenters. The minimum absolute atomic E-state index is 5.49. The van der Waals surface area contributed by atoms with E-state index in [1.165, 1.54) is 0 Å². The lowest BCUT2D eigenvalue weighted by molar-refractivity contribution is -0.346. The molecule has 0 fully saturated rings. The van der Waals surface area contributed by atoms with Crippen LogP contribution in [0.4, 0.5) is 52.7 Å². The molecule has 2 unspecified atom stereocenters. The highest BCUT2D eigenvalue weighted by molar-refractivity contribution is 4.99. The van der Waals surface area contributed by atoms with E-state index in [-0.39, 0.29) is 0 Å². The van der Waals surface area contributed by atoms with Crippen molar-refractivity contribution in [3.8, 4) is 0 Å². The molecule has 0 aromatic carbocycles. The summed E-state index contributed by atoms with van der Waals surface area (Å²) in [4.78, 5) is 0. The number of alkyl halides is 12. The van der Waals surface area contributed by atoms with Gasteiger partial charge in [-0.3, -0.25) is 0 Å². The van der Waals surface area contributed by atoms with Gasteiger partial charge in [0.05, 0.1) is 0 Å². The highest BCUT2D eigenvalue weighted by atomic mass is 19.4. The molecule has 0 aromatic rings. The molecule has 0 spiro atoms. The van der Waals surface area contributed by atoms with E-state index in [4.69, 9.17) is 0 Å². The Kier molecular flexibility index (Phi) is 4.16. The van der Waals surface area contributed by atoms with Crippen LogP contribution in [0.5, 0.6) is 0 Å². The van der Waals surface area contributed by atoms with Crippen LogP contribution in [0.2, 0.25) is 0 Å². The van der Waals surface area contributed by atoms with Gasteiger partial charge in [0.15, 0.2) is 0 Å². The van der Waals surface area contributed by atoms with Crippen LogP contribution in [0.25, 0.3) is 0 Å². The van der Waals surface area contributed by atoms with Crippen molar-refractivity contribution in [3.63, 3.8) is 0 Å². The molecule has 12 heteroatoms. The summed E-state index contributed by atoms with van der Waals surface area (Å²) < 4.78 is 142. The van der Waals surface area contributed by atoms with Gasteiger partial charge in [0.25, 0.3) is 6.17 Å². The van der Waals surface area contributed by atoms with E-state index < -0.39 is 36.5 Å². The van der Waals surface area contributed by atoms with Gasteiger partial charge < -0.3 is 0 Å². The molecule has 0 aliphatic rings. The van der Waals surface area contributed by atoms with Crippen LogP contribution in [0, 0.1) is 0 Å². The summed E-state index contributed by atoms with van der Waals surface area (Å²) >= 11 is 0. The molecule has 0 rings (SSSR count). The number of halogens is 12. The summed E-state index contributed by atoms with van der Waals surface area (Å²) in [7, 11) is 0. The fourth-order valence-corrected chi connectivity index (χ4v) is 0.732. The Hall–Kier alpha value is -0.840. The van der Waals surface area contributed by atoms with E-state index in [1.807, 2.05) is 0 Å². The van der Waals surface area contributed by atoms with E-state index >= 15 is 0 Å². The van der Waals surface area contributed by atoms with Gasteiger partial charge in [-0.1, -0.05) is 0 Å². The van der Waals surface area contributed by atoms with Gasteiger partial charge in [-0.2, -0.15) is 43.9 Å². The first-order valence-electron chi connectivity index (χ1n) is 3.73. The third kappa shape index (κ3) is 2.94. The molecule has 110 valence electrons. The minimum atomic E-state index is -6.89. The molecule has 0 saturated carbocycles. The SMILES string of the molecule is FC(C(F)(F)F)C(F)(F)C(F)C(F)(F)C(F)(F)F. The van der Waals surface area contributed by atoms with E-state index in [9.17, 15) is 52.7 Å². The fourth-order valence-electron chi connectivity index (χ4n) is 0.732. The van der Waals surface area contributed by atoms with Crippen LogP contribution in [-0.2, 0) is 0 Å². The molecular weight excluding hydrogens is 300 g/mol. The molecule has 18 heavy (non-hydrogen) atoms. The lowest BCUT2D eigenvalue weighted by atomic mass is 10.0. The predicted molar refractivity (Wildman–Crippen MR) is 31.8 cm³/mol. The van der Waals surface area contributed by atoms with Crippen LogP contribution in [0.1, 0.15) is 0 Å². The summed E-state index contributed by atoms with van der Waals surface area (Å²) in [6, 6.07) is 0. The zero-order valence-electron chi connectivity index (χ0n) is 7.69. The number of rotatable bonds is 3. The Morgan fingerprint density at radius 1 is 0.556 bits per heavy atom. The quantitative estimate of drug-likeness (QED) is 0.690. The molecule has 0 aliphatic carbocycles. The van der Waals surface area contributed by atoms with Gasteiger partial charge >= 0.3 is 24.2 Å². The molecule has 0 N–H and O–H groups in total.